The predicted molar refractivity (Wildman–Crippen MR) is 136 cm³/mol. The fourth-order valence-electron chi connectivity index (χ4n) is 3.57. The van der Waals surface area contributed by atoms with Crippen LogP contribution in [-0.4, -0.2) is 15.3 Å². The maximum absolute atomic E-state index is 11.8. The Balaban J connectivity index is 0.00000193. The van der Waals surface area contributed by atoms with E-state index in [1.807, 2.05) is 67.9 Å². The standard InChI is InChI=1S/C25H25N3O3.2ClH/c1-15-11-19(12-16(2)25(15)26)31-18-9-10-21-22(13-18)28(4)24(27-21)14-30-23-8-6-5-7-20(23)17(3)29;;/h5-13H,14,26H2,1-4H3;2*1H. The number of anilines is 1. The van der Waals surface area contributed by atoms with Gasteiger partial charge in [0.05, 0.1) is 16.6 Å². The molecule has 8 heteroatoms. The molecule has 0 saturated carbocycles. The number of Topliss-reactive ketones (excluding diaryl/α,β-unsaturated/α-hetero) is 1. The van der Waals surface area contributed by atoms with Crippen LogP contribution in [0.15, 0.2) is 54.6 Å². The van der Waals surface area contributed by atoms with Gasteiger partial charge >= 0.3 is 0 Å². The fourth-order valence-corrected chi connectivity index (χ4v) is 3.57. The van der Waals surface area contributed by atoms with Crippen molar-refractivity contribution in [1.29, 1.82) is 0 Å². The van der Waals surface area contributed by atoms with E-state index in [1.54, 1.807) is 12.1 Å². The lowest BCUT2D eigenvalue weighted by Crippen LogP contribution is -2.06. The molecule has 6 nitrogen and oxygen atoms in total. The molecule has 0 saturated heterocycles. The van der Waals surface area contributed by atoms with Crippen LogP contribution in [0.4, 0.5) is 5.69 Å². The van der Waals surface area contributed by atoms with Crippen molar-refractivity contribution in [3.63, 3.8) is 0 Å². The van der Waals surface area contributed by atoms with Gasteiger partial charge < -0.3 is 19.8 Å². The maximum atomic E-state index is 11.8. The molecule has 4 rings (SSSR count). The van der Waals surface area contributed by atoms with Crippen LogP contribution in [0.5, 0.6) is 17.2 Å². The van der Waals surface area contributed by atoms with Crippen molar-refractivity contribution in [3.05, 3.63) is 77.1 Å². The van der Waals surface area contributed by atoms with Crippen LogP contribution >= 0.6 is 24.8 Å². The van der Waals surface area contributed by atoms with Gasteiger partial charge in [0, 0.05) is 18.8 Å². The molecule has 0 aliphatic carbocycles. The molecule has 3 aromatic carbocycles. The van der Waals surface area contributed by atoms with E-state index in [4.69, 9.17) is 15.2 Å². The van der Waals surface area contributed by atoms with Crippen molar-refractivity contribution in [2.75, 3.05) is 5.73 Å². The highest BCUT2D eigenvalue weighted by Gasteiger charge is 2.13. The summed E-state index contributed by atoms with van der Waals surface area (Å²) in [5.74, 6) is 2.74. The number of ketones is 1. The van der Waals surface area contributed by atoms with E-state index in [0.29, 0.717) is 17.1 Å². The summed E-state index contributed by atoms with van der Waals surface area (Å²) in [5, 5.41) is 0. The van der Waals surface area contributed by atoms with Gasteiger partial charge in [-0.25, -0.2) is 4.98 Å². The lowest BCUT2D eigenvalue weighted by molar-refractivity contribution is 0.101. The molecule has 1 aromatic heterocycles. The zero-order valence-corrected chi connectivity index (χ0v) is 20.5. The number of ether oxygens (including phenoxy) is 2. The summed E-state index contributed by atoms with van der Waals surface area (Å²) in [6.45, 7) is 5.72. The van der Waals surface area contributed by atoms with Crippen LogP contribution < -0.4 is 15.2 Å². The highest BCUT2D eigenvalue weighted by molar-refractivity contribution is 5.96. The van der Waals surface area contributed by atoms with Crippen LogP contribution in [0.3, 0.4) is 0 Å². The highest BCUT2D eigenvalue weighted by Crippen LogP contribution is 2.30. The van der Waals surface area contributed by atoms with Gasteiger partial charge in [-0.05, 0) is 68.3 Å². The molecule has 4 aromatic rings. The zero-order valence-electron chi connectivity index (χ0n) is 18.9. The summed E-state index contributed by atoms with van der Waals surface area (Å²) in [4.78, 5) is 16.5. The number of halogens is 2. The Morgan fingerprint density at radius 1 is 1.00 bits per heavy atom. The van der Waals surface area contributed by atoms with Gasteiger partial charge in [-0.3, -0.25) is 4.79 Å². The van der Waals surface area contributed by atoms with Gasteiger partial charge in [-0.1, -0.05) is 12.1 Å². The number of nitrogen functional groups attached to an aromatic ring is 1. The summed E-state index contributed by atoms with van der Waals surface area (Å²) in [6, 6.07) is 16.9. The molecule has 0 aliphatic rings. The summed E-state index contributed by atoms with van der Waals surface area (Å²) in [5.41, 5.74) is 11.1. The monoisotopic (exact) mass is 487 g/mol. The molecule has 0 radical (unpaired) electrons. The van der Waals surface area contributed by atoms with Crippen molar-refractivity contribution in [1.82, 2.24) is 9.55 Å². The SMILES string of the molecule is CC(=O)c1ccccc1OCc1nc2ccc(Oc3cc(C)c(N)c(C)c3)cc2n1C.Cl.Cl. The van der Waals surface area contributed by atoms with Gasteiger partial charge in [0.2, 0.25) is 0 Å². The van der Waals surface area contributed by atoms with Crippen molar-refractivity contribution < 1.29 is 14.3 Å². The third kappa shape index (κ3) is 5.41. The number of aryl methyl sites for hydroxylation is 3. The minimum atomic E-state index is -0.0319. The largest absolute Gasteiger partial charge is 0.485 e. The molecule has 0 bridgehead atoms. The molecule has 33 heavy (non-hydrogen) atoms. The number of nitrogens with two attached hydrogens (primary N) is 1. The Kier molecular flexibility index (Phi) is 8.36. The summed E-state index contributed by atoms with van der Waals surface area (Å²) < 4.78 is 14.0. The van der Waals surface area contributed by atoms with Crippen LogP contribution in [0.25, 0.3) is 11.0 Å². The third-order valence-electron chi connectivity index (χ3n) is 5.37. The quantitative estimate of drug-likeness (QED) is 0.259. The number of benzene rings is 3. The maximum Gasteiger partial charge on any atom is 0.163 e. The number of imidazole rings is 1. The van der Waals surface area contributed by atoms with Gasteiger partial charge in [0.1, 0.15) is 29.7 Å². The molecule has 0 amide bonds. The highest BCUT2D eigenvalue weighted by atomic mass is 35.5. The van der Waals surface area contributed by atoms with Crippen molar-refractivity contribution in [2.45, 2.75) is 27.4 Å². The van der Waals surface area contributed by atoms with Crippen LogP contribution in [0, 0.1) is 13.8 Å². The number of hydrogen-bond donors (Lipinski definition) is 1. The second-order valence-electron chi connectivity index (χ2n) is 7.65. The zero-order chi connectivity index (χ0) is 22.1. The number of fused-ring (bicyclic) bond motifs is 1. The summed E-state index contributed by atoms with van der Waals surface area (Å²) in [6.07, 6.45) is 0. The average Bonchev–Trinajstić information content (AvgIpc) is 3.06. The lowest BCUT2D eigenvalue weighted by atomic mass is 10.1. The number of carbonyl (C=O) groups is 1. The Hall–Kier alpha value is -3.22. The summed E-state index contributed by atoms with van der Waals surface area (Å²) in [7, 11) is 1.94. The number of aromatic nitrogens is 2. The molecule has 0 aliphatic heterocycles. The molecule has 0 fully saturated rings. The molecule has 174 valence electrons. The van der Waals surface area contributed by atoms with E-state index in [2.05, 4.69) is 4.98 Å². The van der Waals surface area contributed by atoms with Gasteiger partial charge in [-0.2, -0.15) is 0 Å². The van der Waals surface area contributed by atoms with Gasteiger partial charge in [0.15, 0.2) is 5.78 Å². The first-order chi connectivity index (χ1) is 14.8. The minimum Gasteiger partial charge on any atom is -0.485 e. The average molecular weight is 488 g/mol. The number of carbonyl (C=O) groups excluding carboxylic acids is 1. The molecule has 0 spiro atoms. The predicted octanol–water partition coefficient (Wildman–Crippen LogP) is 6.19. The van der Waals surface area contributed by atoms with E-state index in [0.717, 1.165) is 39.4 Å². The van der Waals surface area contributed by atoms with Gasteiger partial charge in [-0.15, -0.1) is 24.8 Å². The molecule has 2 N–H and O–H groups in total. The van der Waals surface area contributed by atoms with Crippen LogP contribution in [-0.2, 0) is 13.7 Å². The first-order valence-electron chi connectivity index (χ1n) is 10.1. The smallest absolute Gasteiger partial charge is 0.163 e. The number of hydrogen-bond acceptors (Lipinski definition) is 5. The first kappa shape index (κ1) is 26.0. The van der Waals surface area contributed by atoms with E-state index in [9.17, 15) is 4.79 Å². The second kappa shape index (κ2) is 10.6. The first-order valence-corrected chi connectivity index (χ1v) is 10.1. The van der Waals surface area contributed by atoms with E-state index in [1.165, 1.54) is 6.92 Å². The van der Waals surface area contributed by atoms with Crippen LogP contribution in [0.1, 0.15) is 34.2 Å². The Bertz CT molecular complexity index is 1280. The van der Waals surface area contributed by atoms with Crippen molar-refractivity contribution in [3.8, 4) is 17.2 Å². The summed E-state index contributed by atoms with van der Waals surface area (Å²) >= 11 is 0. The molecular weight excluding hydrogens is 461 g/mol. The van der Waals surface area contributed by atoms with E-state index >= 15 is 0 Å². The molecular formula is C25H27Cl2N3O3. The number of nitrogens with zero attached hydrogens (tertiary/aromatic N) is 2. The number of para-hydroxylation sites is 1. The lowest BCUT2D eigenvalue weighted by Gasteiger charge is -2.11. The normalized spacial score (nSPS) is 10.3. The Labute approximate surface area is 205 Å². The molecule has 1 heterocycles. The number of rotatable bonds is 6. The van der Waals surface area contributed by atoms with Crippen molar-refractivity contribution in [2.24, 2.45) is 7.05 Å². The molecule has 0 unspecified atom stereocenters. The van der Waals surface area contributed by atoms with E-state index in [-0.39, 0.29) is 37.2 Å². The third-order valence-corrected chi connectivity index (χ3v) is 5.37. The second-order valence-corrected chi connectivity index (χ2v) is 7.65. The van der Waals surface area contributed by atoms with Gasteiger partial charge in [0.25, 0.3) is 0 Å². The van der Waals surface area contributed by atoms with Crippen LogP contribution in [0.2, 0.25) is 0 Å². The Morgan fingerprint density at radius 2 is 1.67 bits per heavy atom. The minimum absolute atomic E-state index is 0. The topological polar surface area (TPSA) is 79.4 Å². The fraction of sp³-hybridized carbons (Fsp3) is 0.200. The molecule has 0 atom stereocenters. The van der Waals surface area contributed by atoms with Crippen molar-refractivity contribution >= 4 is 47.3 Å². The Morgan fingerprint density at radius 3 is 2.33 bits per heavy atom. The van der Waals surface area contributed by atoms with E-state index < -0.39 is 0 Å².